The van der Waals surface area contributed by atoms with Crippen molar-refractivity contribution in [3.63, 3.8) is 0 Å². The van der Waals surface area contributed by atoms with Crippen LogP contribution >= 0.6 is 11.3 Å². The second kappa shape index (κ2) is 7.63. The molecule has 0 aromatic carbocycles. The molecule has 8 nitrogen and oxygen atoms in total. The molecule has 3 aromatic rings. The van der Waals surface area contributed by atoms with E-state index in [2.05, 4.69) is 22.1 Å². The van der Waals surface area contributed by atoms with E-state index in [1.165, 1.54) is 16.1 Å². The quantitative estimate of drug-likeness (QED) is 0.681. The van der Waals surface area contributed by atoms with E-state index in [1.54, 1.807) is 26.2 Å². The third kappa shape index (κ3) is 3.79. The van der Waals surface area contributed by atoms with Gasteiger partial charge in [0.05, 0.1) is 29.6 Å². The van der Waals surface area contributed by atoms with Gasteiger partial charge in [-0.15, -0.1) is 16.1 Å². The number of likely N-dealkylation sites (tertiary alicyclic amines) is 1. The Hall–Kier alpha value is -2.52. The molecule has 1 saturated heterocycles. The predicted molar refractivity (Wildman–Crippen MR) is 113 cm³/mol. The van der Waals surface area contributed by atoms with E-state index in [-0.39, 0.29) is 17.9 Å². The number of piperidine rings is 1. The van der Waals surface area contributed by atoms with Crippen molar-refractivity contribution in [2.24, 2.45) is 0 Å². The van der Waals surface area contributed by atoms with E-state index in [9.17, 15) is 9.90 Å². The van der Waals surface area contributed by atoms with E-state index in [0.717, 1.165) is 22.7 Å². The third-order valence-electron chi connectivity index (χ3n) is 5.53. The summed E-state index contributed by atoms with van der Waals surface area (Å²) >= 11 is 1.50. The topological polar surface area (TPSA) is 97.3 Å². The van der Waals surface area contributed by atoms with Crippen molar-refractivity contribution in [2.45, 2.75) is 65.0 Å². The van der Waals surface area contributed by atoms with Gasteiger partial charge in [-0.3, -0.25) is 4.79 Å². The molecule has 4 heterocycles. The molecule has 1 aliphatic rings. The Morgan fingerprint density at radius 1 is 1.27 bits per heavy atom. The molecule has 160 valence electrons. The molecule has 0 saturated carbocycles. The zero-order chi connectivity index (χ0) is 21.6. The van der Waals surface area contributed by atoms with E-state index in [0.29, 0.717) is 29.5 Å². The minimum atomic E-state index is -1.09. The zero-order valence-corrected chi connectivity index (χ0v) is 18.7. The number of rotatable bonds is 4. The Morgan fingerprint density at radius 3 is 2.60 bits per heavy atom. The molecule has 1 amide bonds. The Morgan fingerprint density at radius 2 is 1.97 bits per heavy atom. The number of oxazole rings is 1. The average molecular weight is 430 g/mol. The second-order valence-corrected chi connectivity index (χ2v) is 9.74. The Kier molecular flexibility index (Phi) is 5.27. The number of aromatic nitrogens is 4. The van der Waals surface area contributed by atoms with Gasteiger partial charge in [0.25, 0.3) is 5.91 Å². The summed E-state index contributed by atoms with van der Waals surface area (Å²) in [6, 6.07) is 2.01. The van der Waals surface area contributed by atoms with Crippen molar-refractivity contribution in [1.82, 2.24) is 24.9 Å². The van der Waals surface area contributed by atoms with Crippen molar-refractivity contribution in [2.75, 3.05) is 6.54 Å². The van der Waals surface area contributed by atoms with E-state index < -0.39 is 5.60 Å². The lowest BCUT2D eigenvalue weighted by molar-refractivity contribution is 0.0477. The molecule has 0 aliphatic carbocycles. The predicted octanol–water partition coefficient (Wildman–Crippen LogP) is 3.57. The van der Waals surface area contributed by atoms with Crippen LogP contribution in [0.2, 0.25) is 0 Å². The number of thiophene rings is 1. The molecule has 9 heteroatoms. The number of amides is 1. The fraction of sp³-hybridized carbons (Fsp3) is 0.524. The number of hydrogen-bond acceptors (Lipinski definition) is 7. The van der Waals surface area contributed by atoms with Gasteiger partial charge in [-0.25, -0.2) is 4.98 Å². The number of nitrogens with zero attached hydrogens (tertiary/aromatic N) is 5. The van der Waals surface area contributed by atoms with Gasteiger partial charge in [0.15, 0.2) is 16.7 Å². The highest BCUT2D eigenvalue weighted by Gasteiger charge is 2.35. The first kappa shape index (κ1) is 20.7. The molecule has 3 aromatic heterocycles. The van der Waals surface area contributed by atoms with Gasteiger partial charge in [0.1, 0.15) is 5.60 Å². The lowest BCUT2D eigenvalue weighted by Gasteiger charge is -2.37. The molecule has 2 atom stereocenters. The monoisotopic (exact) mass is 429 g/mol. The Labute approximate surface area is 179 Å². The molecule has 0 unspecified atom stereocenters. The van der Waals surface area contributed by atoms with Crippen LogP contribution in [0.3, 0.4) is 0 Å². The lowest BCUT2D eigenvalue weighted by atomic mass is 9.92. The molecular weight excluding hydrogens is 402 g/mol. The first-order chi connectivity index (χ1) is 14.1. The maximum atomic E-state index is 13.5. The van der Waals surface area contributed by atoms with Crippen molar-refractivity contribution in [3.05, 3.63) is 46.2 Å². The van der Waals surface area contributed by atoms with Crippen molar-refractivity contribution in [1.29, 1.82) is 0 Å². The molecule has 0 spiro atoms. The smallest absolute Gasteiger partial charge is 0.257 e. The van der Waals surface area contributed by atoms with Gasteiger partial charge in [0.2, 0.25) is 0 Å². The molecular formula is C21H27N5O3S. The summed E-state index contributed by atoms with van der Waals surface area (Å²) in [6.45, 7) is 9.78. The van der Waals surface area contributed by atoms with Gasteiger partial charge < -0.3 is 14.4 Å². The minimum absolute atomic E-state index is 0.00837. The van der Waals surface area contributed by atoms with Gasteiger partial charge in [-0.05, 0) is 53.5 Å². The minimum Gasteiger partial charge on any atom is -0.442 e. The number of aryl methyl sites for hydroxylation is 2. The first-order valence-electron chi connectivity index (χ1n) is 10.1. The van der Waals surface area contributed by atoms with Gasteiger partial charge in [-0.2, -0.15) is 10.2 Å². The van der Waals surface area contributed by atoms with Crippen LogP contribution in [0.5, 0.6) is 0 Å². The number of aliphatic hydroxyl groups is 1. The molecule has 1 aliphatic heterocycles. The van der Waals surface area contributed by atoms with Gasteiger partial charge in [0, 0.05) is 17.5 Å². The largest absolute Gasteiger partial charge is 0.442 e. The standard InChI is InChI=1S/C21H27N5O3S/c1-12-6-7-15(18-24-14(3)17(29-18)21(4,5)28)11-25(12)19(27)16-10-13(2)30-20(16)26-22-8-9-23-26/h8-10,12,15,28H,6-7,11H2,1-5H3/t12-,15-/m1/s1. The molecule has 0 bridgehead atoms. The van der Waals surface area contributed by atoms with Crippen LogP contribution < -0.4 is 0 Å². The fourth-order valence-electron chi connectivity index (χ4n) is 4.03. The van der Waals surface area contributed by atoms with Crippen molar-refractivity contribution in [3.8, 4) is 5.00 Å². The van der Waals surface area contributed by atoms with Gasteiger partial charge in [-0.1, -0.05) is 0 Å². The maximum Gasteiger partial charge on any atom is 0.257 e. The highest BCUT2D eigenvalue weighted by molar-refractivity contribution is 7.14. The molecule has 4 rings (SSSR count). The Balaban J connectivity index is 1.62. The molecule has 1 fully saturated rings. The molecule has 1 N–H and O–H groups in total. The SMILES string of the molecule is Cc1cc(C(=O)N2C[C@H](c3nc(C)c(C(C)(C)O)o3)CC[C@H]2C)c(-n2nccn2)s1. The first-order valence-corrected chi connectivity index (χ1v) is 10.9. The summed E-state index contributed by atoms with van der Waals surface area (Å²) in [5.74, 6) is 1.03. The summed E-state index contributed by atoms with van der Waals surface area (Å²) in [5, 5.41) is 19.5. The number of carbonyl (C=O) groups is 1. The summed E-state index contributed by atoms with van der Waals surface area (Å²) in [4.78, 5) is 22.5. The van der Waals surface area contributed by atoms with E-state index in [4.69, 9.17) is 4.42 Å². The van der Waals surface area contributed by atoms with Crippen LogP contribution in [0, 0.1) is 13.8 Å². The van der Waals surface area contributed by atoms with Crippen molar-refractivity contribution >= 4 is 17.2 Å². The lowest BCUT2D eigenvalue weighted by Crippen LogP contribution is -2.45. The summed E-state index contributed by atoms with van der Waals surface area (Å²) < 4.78 is 5.95. The molecule has 30 heavy (non-hydrogen) atoms. The van der Waals surface area contributed by atoms with Crippen LogP contribution in [0.15, 0.2) is 22.9 Å². The second-order valence-electron chi connectivity index (χ2n) is 8.50. The van der Waals surface area contributed by atoms with Crippen LogP contribution in [-0.4, -0.2) is 48.5 Å². The zero-order valence-electron chi connectivity index (χ0n) is 17.9. The molecule has 0 radical (unpaired) electrons. The van der Waals surface area contributed by atoms with E-state index >= 15 is 0 Å². The summed E-state index contributed by atoms with van der Waals surface area (Å²) in [6.07, 6.45) is 4.95. The summed E-state index contributed by atoms with van der Waals surface area (Å²) in [5.41, 5.74) is 0.212. The highest BCUT2D eigenvalue weighted by atomic mass is 32.1. The van der Waals surface area contributed by atoms with Crippen molar-refractivity contribution < 1.29 is 14.3 Å². The number of carbonyl (C=O) groups excluding carboxylic acids is 1. The highest BCUT2D eigenvalue weighted by Crippen LogP contribution is 2.35. The van der Waals surface area contributed by atoms with E-state index in [1.807, 2.05) is 24.8 Å². The normalized spacial score (nSPS) is 20.0. The van der Waals surface area contributed by atoms with Gasteiger partial charge >= 0.3 is 0 Å². The Bertz CT molecular complexity index is 1050. The van der Waals surface area contributed by atoms with Crippen LogP contribution in [0.1, 0.15) is 72.1 Å². The third-order valence-corrected chi connectivity index (χ3v) is 6.54. The fourth-order valence-corrected chi connectivity index (χ4v) is 4.94. The average Bonchev–Trinajstić information content (AvgIpc) is 3.40. The summed E-state index contributed by atoms with van der Waals surface area (Å²) in [7, 11) is 0. The van der Waals surface area contributed by atoms with Crippen LogP contribution in [0.25, 0.3) is 5.00 Å². The van der Waals surface area contributed by atoms with Crippen LogP contribution in [-0.2, 0) is 5.60 Å². The number of hydrogen-bond donors (Lipinski definition) is 1. The maximum absolute atomic E-state index is 13.5. The van der Waals surface area contributed by atoms with Crippen LogP contribution in [0.4, 0.5) is 0 Å².